The van der Waals surface area contributed by atoms with Gasteiger partial charge in [0.1, 0.15) is 0 Å². The molecule has 0 saturated carbocycles. The number of aryl methyl sites for hydroxylation is 1. The lowest BCUT2D eigenvalue weighted by Gasteiger charge is -2.08. The summed E-state index contributed by atoms with van der Waals surface area (Å²) in [5.41, 5.74) is 7.72. The fraction of sp³-hybridized carbons (Fsp3) is 0.455. The highest BCUT2D eigenvalue weighted by Crippen LogP contribution is 2.24. The lowest BCUT2D eigenvalue weighted by molar-refractivity contribution is 0.102. The molecule has 2 aromatic rings. The summed E-state index contributed by atoms with van der Waals surface area (Å²) in [6, 6.07) is 0. The number of methoxy groups -OCH3 is 1. The quantitative estimate of drug-likeness (QED) is 0.876. The minimum atomic E-state index is -0.0770. The molecule has 2 heterocycles. The maximum absolute atomic E-state index is 5.54. The summed E-state index contributed by atoms with van der Waals surface area (Å²) in [4.78, 5) is 4.34. The van der Waals surface area contributed by atoms with Gasteiger partial charge in [0.2, 0.25) is 11.7 Å². The maximum Gasteiger partial charge on any atom is 0.229 e. The second kappa shape index (κ2) is 5.39. The highest BCUT2D eigenvalue weighted by Gasteiger charge is 2.15. The topological polar surface area (TPSA) is 74.2 Å². The van der Waals surface area contributed by atoms with Gasteiger partial charge in [-0.1, -0.05) is 5.16 Å². The molecule has 5 nitrogen and oxygen atoms in total. The minimum absolute atomic E-state index is 0.0770. The number of ether oxygens (including phenoxy) is 1. The number of rotatable bonds is 5. The van der Waals surface area contributed by atoms with Crippen molar-refractivity contribution in [3.63, 3.8) is 0 Å². The Morgan fingerprint density at radius 2 is 2.35 bits per heavy atom. The Kier molecular flexibility index (Phi) is 3.88. The van der Waals surface area contributed by atoms with Crippen molar-refractivity contribution in [3.05, 3.63) is 22.2 Å². The van der Waals surface area contributed by atoms with E-state index in [0.29, 0.717) is 24.7 Å². The number of hydrogen-bond donors (Lipinski definition) is 1. The molecule has 2 rings (SSSR count). The van der Waals surface area contributed by atoms with Crippen LogP contribution in [0, 0.1) is 6.92 Å². The van der Waals surface area contributed by atoms with Crippen molar-refractivity contribution in [1.29, 1.82) is 0 Å². The van der Waals surface area contributed by atoms with Gasteiger partial charge in [-0.3, -0.25) is 0 Å². The molecule has 0 aliphatic carbocycles. The zero-order chi connectivity index (χ0) is 12.3. The summed E-state index contributed by atoms with van der Waals surface area (Å²) in [5, 5.41) is 8.04. The first kappa shape index (κ1) is 12.2. The fourth-order valence-corrected chi connectivity index (χ4v) is 2.32. The van der Waals surface area contributed by atoms with Crippen molar-refractivity contribution in [2.45, 2.75) is 19.4 Å². The summed E-state index contributed by atoms with van der Waals surface area (Å²) in [5.74, 6) is 1.19. The Labute approximate surface area is 104 Å². The Morgan fingerprint density at radius 3 is 2.94 bits per heavy atom. The van der Waals surface area contributed by atoms with Gasteiger partial charge in [0.15, 0.2) is 0 Å². The molecule has 0 aromatic carbocycles. The second-order valence-corrected chi connectivity index (χ2v) is 4.52. The molecule has 0 radical (unpaired) electrons. The van der Waals surface area contributed by atoms with Gasteiger partial charge in [0.05, 0.1) is 12.5 Å². The lowest BCUT2D eigenvalue weighted by atomic mass is 10.2. The Morgan fingerprint density at radius 1 is 1.53 bits per heavy atom. The molecule has 0 spiro atoms. The number of aromatic nitrogens is 2. The van der Waals surface area contributed by atoms with Crippen LogP contribution in [-0.2, 0) is 11.2 Å². The van der Waals surface area contributed by atoms with Crippen molar-refractivity contribution >= 4 is 11.3 Å². The third-order valence-corrected chi connectivity index (χ3v) is 3.42. The molecule has 2 aromatic heterocycles. The summed E-state index contributed by atoms with van der Waals surface area (Å²) in [7, 11) is 1.62. The van der Waals surface area contributed by atoms with Crippen LogP contribution in [0.15, 0.2) is 15.3 Å². The summed E-state index contributed by atoms with van der Waals surface area (Å²) >= 11 is 1.63. The van der Waals surface area contributed by atoms with Gasteiger partial charge >= 0.3 is 0 Å². The molecular formula is C11H15N3O2S. The van der Waals surface area contributed by atoms with E-state index in [2.05, 4.69) is 15.5 Å². The molecule has 0 aliphatic rings. The van der Waals surface area contributed by atoms with Crippen molar-refractivity contribution in [3.8, 4) is 11.4 Å². The monoisotopic (exact) mass is 253 g/mol. The van der Waals surface area contributed by atoms with E-state index in [1.807, 2.05) is 12.3 Å². The van der Waals surface area contributed by atoms with Gasteiger partial charge in [-0.05, 0) is 17.9 Å². The van der Waals surface area contributed by atoms with Crippen LogP contribution in [0.2, 0.25) is 0 Å². The molecule has 0 saturated heterocycles. The molecule has 0 amide bonds. The molecule has 1 atom stereocenters. The van der Waals surface area contributed by atoms with Crippen molar-refractivity contribution in [1.82, 2.24) is 10.1 Å². The van der Waals surface area contributed by atoms with Crippen LogP contribution in [0.4, 0.5) is 0 Å². The first-order valence-electron chi connectivity index (χ1n) is 5.33. The van der Waals surface area contributed by atoms with E-state index in [1.165, 1.54) is 0 Å². The summed E-state index contributed by atoms with van der Waals surface area (Å²) in [6.07, 6.45) is 0.468. The Balaban J connectivity index is 2.14. The predicted molar refractivity (Wildman–Crippen MR) is 65.9 cm³/mol. The predicted octanol–water partition coefficient (Wildman–Crippen LogP) is 1.62. The zero-order valence-electron chi connectivity index (χ0n) is 9.84. The van der Waals surface area contributed by atoms with Gasteiger partial charge in [0.25, 0.3) is 0 Å². The smallest absolute Gasteiger partial charge is 0.229 e. The van der Waals surface area contributed by atoms with Crippen molar-refractivity contribution < 1.29 is 9.26 Å². The molecule has 6 heteroatoms. The lowest BCUT2D eigenvalue weighted by Crippen LogP contribution is -2.24. The van der Waals surface area contributed by atoms with E-state index in [-0.39, 0.29) is 6.10 Å². The minimum Gasteiger partial charge on any atom is -0.380 e. The van der Waals surface area contributed by atoms with Crippen LogP contribution in [0.1, 0.15) is 11.5 Å². The average molecular weight is 253 g/mol. The highest BCUT2D eigenvalue weighted by molar-refractivity contribution is 7.08. The number of nitrogens with zero attached hydrogens (tertiary/aromatic N) is 2. The second-order valence-electron chi connectivity index (χ2n) is 3.78. The Bertz CT molecular complexity index is 477. The zero-order valence-corrected chi connectivity index (χ0v) is 10.7. The van der Waals surface area contributed by atoms with Gasteiger partial charge < -0.3 is 15.0 Å². The van der Waals surface area contributed by atoms with Crippen LogP contribution in [0.25, 0.3) is 11.4 Å². The number of nitrogens with two attached hydrogens (primary N) is 1. The molecule has 0 aliphatic heterocycles. The van der Waals surface area contributed by atoms with Crippen LogP contribution < -0.4 is 5.73 Å². The average Bonchev–Trinajstić information content (AvgIpc) is 2.94. The number of hydrogen-bond acceptors (Lipinski definition) is 6. The molecule has 17 heavy (non-hydrogen) atoms. The first-order chi connectivity index (χ1) is 8.24. The van der Waals surface area contributed by atoms with Crippen molar-refractivity contribution in [2.75, 3.05) is 13.7 Å². The maximum atomic E-state index is 5.54. The molecule has 0 fully saturated rings. The van der Waals surface area contributed by atoms with E-state index >= 15 is 0 Å². The largest absolute Gasteiger partial charge is 0.380 e. The standard InChI is InChI=1S/C11H15N3O2S/c1-7-5-17-6-9(7)11-13-10(16-14-11)3-8(4-12)15-2/h5-6,8H,3-4,12H2,1-2H3. The van der Waals surface area contributed by atoms with Crippen LogP contribution >= 0.6 is 11.3 Å². The molecule has 92 valence electrons. The van der Waals surface area contributed by atoms with Crippen LogP contribution in [0.5, 0.6) is 0 Å². The van der Waals surface area contributed by atoms with E-state index in [1.54, 1.807) is 18.4 Å². The summed E-state index contributed by atoms with van der Waals surface area (Å²) in [6.45, 7) is 2.46. The fourth-order valence-electron chi connectivity index (χ4n) is 1.49. The molecule has 1 unspecified atom stereocenters. The first-order valence-corrected chi connectivity index (χ1v) is 6.27. The third-order valence-electron chi connectivity index (χ3n) is 2.56. The Hall–Kier alpha value is -1.24. The van der Waals surface area contributed by atoms with Gasteiger partial charge in [-0.15, -0.1) is 0 Å². The van der Waals surface area contributed by atoms with E-state index in [4.69, 9.17) is 15.0 Å². The molecular weight excluding hydrogens is 238 g/mol. The molecule has 0 bridgehead atoms. The van der Waals surface area contributed by atoms with E-state index in [9.17, 15) is 0 Å². The molecule has 2 N–H and O–H groups in total. The van der Waals surface area contributed by atoms with Gasteiger partial charge in [-0.25, -0.2) is 0 Å². The normalized spacial score (nSPS) is 12.9. The highest BCUT2D eigenvalue weighted by atomic mass is 32.1. The van der Waals surface area contributed by atoms with Gasteiger partial charge in [-0.2, -0.15) is 16.3 Å². The van der Waals surface area contributed by atoms with Crippen LogP contribution in [-0.4, -0.2) is 29.9 Å². The third kappa shape index (κ3) is 2.71. The van der Waals surface area contributed by atoms with Crippen LogP contribution in [0.3, 0.4) is 0 Å². The van der Waals surface area contributed by atoms with E-state index < -0.39 is 0 Å². The van der Waals surface area contributed by atoms with Crippen molar-refractivity contribution in [2.24, 2.45) is 5.73 Å². The SMILES string of the molecule is COC(CN)Cc1nc(-c2cscc2C)no1. The summed E-state index contributed by atoms with van der Waals surface area (Å²) < 4.78 is 10.4. The number of thiophene rings is 1. The van der Waals surface area contributed by atoms with E-state index in [0.717, 1.165) is 11.1 Å². The van der Waals surface area contributed by atoms with Gasteiger partial charge in [0, 0.05) is 24.6 Å².